The molecule has 0 radical (unpaired) electrons. The predicted octanol–water partition coefficient (Wildman–Crippen LogP) is 13.0. The summed E-state index contributed by atoms with van der Waals surface area (Å²) in [7, 11) is 1.89. The van der Waals surface area contributed by atoms with Gasteiger partial charge in [-0.3, -0.25) is 4.79 Å². The summed E-state index contributed by atoms with van der Waals surface area (Å²) in [6.45, 7) is 10.5. The van der Waals surface area contributed by atoms with E-state index in [1.807, 2.05) is 7.11 Å². The summed E-state index contributed by atoms with van der Waals surface area (Å²) >= 11 is 0. The molecule has 0 spiro atoms. The first-order valence-corrected chi connectivity index (χ1v) is 22.5. The van der Waals surface area contributed by atoms with Gasteiger partial charge < -0.3 is 24.3 Å². The number of esters is 1. The summed E-state index contributed by atoms with van der Waals surface area (Å²) in [6.07, 6.45) is 42.0. The molecule has 0 saturated heterocycles. The zero-order valence-electron chi connectivity index (χ0n) is 35.1. The van der Waals surface area contributed by atoms with Crippen molar-refractivity contribution in [2.45, 2.75) is 239 Å². The molecule has 306 valence electrons. The maximum absolute atomic E-state index is 11.8. The second kappa shape index (κ2) is 47.0. The van der Waals surface area contributed by atoms with E-state index in [9.17, 15) is 14.7 Å². The van der Waals surface area contributed by atoms with Gasteiger partial charge in [0.2, 0.25) is 0 Å². The van der Waals surface area contributed by atoms with Crippen LogP contribution in [0.4, 0.5) is 0 Å². The van der Waals surface area contributed by atoms with Gasteiger partial charge in [-0.05, 0) is 58.0 Å². The Labute approximate surface area is 319 Å². The number of ether oxygens (including phenoxy) is 2. The van der Waals surface area contributed by atoms with E-state index in [0.29, 0.717) is 25.6 Å². The number of hydrogen-bond donors (Lipinski definition) is 1. The normalized spacial score (nSPS) is 11.3. The summed E-state index contributed by atoms with van der Waals surface area (Å²) in [5.74, 6) is -0.0312. The highest BCUT2D eigenvalue weighted by Crippen LogP contribution is 2.16. The first kappa shape index (κ1) is 52.1. The fraction of sp³-hybridized carbons (Fsp3) is 0.956. The SMILES string of the molecule is CCCCCCCCC(CCCCCCCC)OC.CCCCCCCCCOC(=O)CCCCCCCN(CCO)CCCCCCCC=O. The molecule has 0 amide bonds. The Morgan fingerprint density at radius 3 is 1.41 bits per heavy atom. The van der Waals surface area contributed by atoms with Crippen LogP contribution in [-0.4, -0.2) is 68.3 Å². The molecule has 6 nitrogen and oxygen atoms in total. The van der Waals surface area contributed by atoms with Gasteiger partial charge in [-0.15, -0.1) is 0 Å². The summed E-state index contributed by atoms with van der Waals surface area (Å²) < 4.78 is 11.0. The van der Waals surface area contributed by atoms with Crippen LogP contribution in [0.1, 0.15) is 233 Å². The van der Waals surface area contributed by atoms with Crippen LogP contribution in [0.3, 0.4) is 0 Å². The molecule has 0 aromatic heterocycles. The first-order valence-electron chi connectivity index (χ1n) is 22.5. The Morgan fingerprint density at radius 2 is 0.961 bits per heavy atom. The minimum absolute atomic E-state index is 0.0312. The van der Waals surface area contributed by atoms with Crippen molar-refractivity contribution in [3.8, 4) is 0 Å². The average Bonchev–Trinajstić information content (AvgIpc) is 3.14. The van der Waals surface area contributed by atoms with Gasteiger partial charge in [-0.2, -0.15) is 0 Å². The van der Waals surface area contributed by atoms with Gasteiger partial charge in [0, 0.05) is 26.5 Å². The summed E-state index contributed by atoms with van der Waals surface area (Å²) in [5.41, 5.74) is 0. The molecule has 0 aromatic rings. The van der Waals surface area contributed by atoms with Crippen LogP contribution in [-0.2, 0) is 19.1 Å². The van der Waals surface area contributed by atoms with Crippen molar-refractivity contribution in [2.75, 3.05) is 40.0 Å². The number of nitrogens with zero attached hydrogens (tertiary/aromatic N) is 1. The molecule has 0 aliphatic rings. The van der Waals surface area contributed by atoms with Crippen molar-refractivity contribution < 1.29 is 24.2 Å². The molecule has 51 heavy (non-hydrogen) atoms. The number of carbonyl (C=O) groups excluding carboxylic acids is 2. The van der Waals surface area contributed by atoms with Crippen molar-refractivity contribution in [1.29, 1.82) is 0 Å². The van der Waals surface area contributed by atoms with Crippen LogP contribution in [0.15, 0.2) is 0 Å². The van der Waals surface area contributed by atoms with Crippen LogP contribution in [0, 0.1) is 0 Å². The standard InChI is InChI=1S/C27H53NO4.C18H38O/c1-2-3-4-5-8-14-19-26-32-27(31)20-15-10-9-12-17-22-28(23-25-30)21-16-11-6-7-13-18-24-29;1-4-6-8-10-12-14-16-18(19-3)17-15-13-11-9-7-5-2/h24,30H,2-23,25-26H2,1H3;18H,4-17H2,1-3H3. The summed E-state index contributed by atoms with van der Waals surface area (Å²) in [6, 6.07) is 0. The van der Waals surface area contributed by atoms with Crippen molar-refractivity contribution in [3.05, 3.63) is 0 Å². The second-order valence-corrected chi connectivity index (χ2v) is 15.1. The number of hydrogen-bond acceptors (Lipinski definition) is 6. The number of aldehydes is 1. The number of unbranched alkanes of at least 4 members (excludes halogenated alkanes) is 25. The lowest BCUT2D eigenvalue weighted by Gasteiger charge is -2.21. The number of aliphatic hydroxyl groups excluding tert-OH is 1. The lowest BCUT2D eigenvalue weighted by molar-refractivity contribution is -0.143. The van der Waals surface area contributed by atoms with Crippen LogP contribution < -0.4 is 0 Å². The lowest BCUT2D eigenvalue weighted by Crippen LogP contribution is -2.29. The number of rotatable bonds is 41. The van der Waals surface area contributed by atoms with Gasteiger partial charge in [-0.25, -0.2) is 0 Å². The Balaban J connectivity index is 0. The fourth-order valence-electron chi connectivity index (χ4n) is 6.71. The molecule has 0 bridgehead atoms. The molecule has 0 aromatic carbocycles. The Kier molecular flexibility index (Phi) is 48.1. The van der Waals surface area contributed by atoms with E-state index < -0.39 is 0 Å². The quantitative estimate of drug-likeness (QED) is 0.0384. The van der Waals surface area contributed by atoms with E-state index in [1.54, 1.807) is 0 Å². The minimum Gasteiger partial charge on any atom is -0.466 e. The van der Waals surface area contributed by atoms with Crippen LogP contribution >= 0.6 is 0 Å². The Bertz CT molecular complexity index is 645. The van der Waals surface area contributed by atoms with Crippen LogP contribution in [0.5, 0.6) is 0 Å². The van der Waals surface area contributed by atoms with Crippen molar-refractivity contribution in [3.63, 3.8) is 0 Å². The average molecular weight is 726 g/mol. The topological polar surface area (TPSA) is 76.1 Å². The smallest absolute Gasteiger partial charge is 0.305 e. The van der Waals surface area contributed by atoms with E-state index in [4.69, 9.17) is 9.47 Å². The van der Waals surface area contributed by atoms with E-state index in [1.165, 1.54) is 154 Å². The fourth-order valence-corrected chi connectivity index (χ4v) is 6.71. The highest BCUT2D eigenvalue weighted by atomic mass is 16.5. The largest absolute Gasteiger partial charge is 0.466 e. The summed E-state index contributed by atoms with van der Waals surface area (Å²) in [4.78, 5) is 24.5. The van der Waals surface area contributed by atoms with E-state index in [0.717, 1.165) is 70.9 Å². The summed E-state index contributed by atoms with van der Waals surface area (Å²) in [5, 5.41) is 9.28. The number of carbonyl (C=O) groups is 2. The number of aliphatic hydroxyl groups is 1. The molecule has 0 rings (SSSR count). The minimum atomic E-state index is -0.0312. The molecule has 0 fully saturated rings. The van der Waals surface area contributed by atoms with Gasteiger partial charge in [0.1, 0.15) is 6.29 Å². The third-order valence-electron chi connectivity index (χ3n) is 10.2. The van der Waals surface area contributed by atoms with Crippen molar-refractivity contribution >= 4 is 12.3 Å². The third kappa shape index (κ3) is 45.1. The second-order valence-electron chi connectivity index (χ2n) is 15.1. The van der Waals surface area contributed by atoms with Crippen LogP contribution in [0.2, 0.25) is 0 Å². The molecular weight excluding hydrogens is 634 g/mol. The van der Waals surface area contributed by atoms with Gasteiger partial charge in [0.15, 0.2) is 0 Å². The van der Waals surface area contributed by atoms with E-state index in [-0.39, 0.29) is 12.6 Å². The van der Waals surface area contributed by atoms with E-state index >= 15 is 0 Å². The molecule has 0 unspecified atom stereocenters. The Hall–Kier alpha value is -0.980. The predicted molar refractivity (Wildman–Crippen MR) is 221 cm³/mol. The Morgan fingerprint density at radius 1 is 0.549 bits per heavy atom. The number of methoxy groups -OCH3 is 1. The molecule has 0 heterocycles. The van der Waals surface area contributed by atoms with Gasteiger partial charge in [0.05, 0.1) is 19.3 Å². The third-order valence-corrected chi connectivity index (χ3v) is 10.2. The van der Waals surface area contributed by atoms with Gasteiger partial charge in [-0.1, -0.05) is 175 Å². The lowest BCUT2D eigenvalue weighted by atomic mass is 10.0. The highest BCUT2D eigenvalue weighted by Gasteiger charge is 2.07. The maximum atomic E-state index is 11.8. The first-order chi connectivity index (χ1) is 25.1. The molecule has 0 aliphatic carbocycles. The molecular formula is C45H91NO5. The molecule has 0 atom stereocenters. The molecule has 6 heteroatoms. The van der Waals surface area contributed by atoms with E-state index in [2.05, 4.69) is 25.7 Å². The zero-order valence-corrected chi connectivity index (χ0v) is 35.1. The monoisotopic (exact) mass is 726 g/mol. The maximum Gasteiger partial charge on any atom is 0.305 e. The van der Waals surface area contributed by atoms with Crippen molar-refractivity contribution in [2.24, 2.45) is 0 Å². The molecule has 0 aliphatic heterocycles. The van der Waals surface area contributed by atoms with Crippen molar-refractivity contribution in [1.82, 2.24) is 4.90 Å². The van der Waals surface area contributed by atoms with Gasteiger partial charge in [0.25, 0.3) is 0 Å². The van der Waals surface area contributed by atoms with Gasteiger partial charge >= 0.3 is 5.97 Å². The zero-order chi connectivity index (χ0) is 37.7. The van der Waals surface area contributed by atoms with Crippen LogP contribution in [0.25, 0.3) is 0 Å². The highest BCUT2D eigenvalue weighted by molar-refractivity contribution is 5.69. The molecule has 0 saturated carbocycles. The molecule has 1 N–H and O–H groups in total.